The van der Waals surface area contributed by atoms with Crippen molar-refractivity contribution in [1.82, 2.24) is 14.5 Å². The molecule has 3 rings (SSSR count). The molecule has 0 spiro atoms. The lowest BCUT2D eigenvalue weighted by atomic mass is 10.1. The van der Waals surface area contributed by atoms with Gasteiger partial charge in [0.25, 0.3) is 0 Å². The molecule has 2 aromatic carbocycles. The molecular weight excluding hydrogens is 308 g/mol. The van der Waals surface area contributed by atoms with E-state index in [0.29, 0.717) is 6.54 Å². The summed E-state index contributed by atoms with van der Waals surface area (Å²) in [7, 11) is 4.19. The summed E-state index contributed by atoms with van der Waals surface area (Å²) >= 11 is 0. The van der Waals surface area contributed by atoms with Crippen molar-refractivity contribution in [3.05, 3.63) is 83.4 Å². The second-order valence-corrected chi connectivity index (χ2v) is 6.71. The molecule has 25 heavy (non-hydrogen) atoms. The molecule has 130 valence electrons. The minimum atomic E-state index is 0.712. The van der Waals surface area contributed by atoms with E-state index in [2.05, 4.69) is 83.3 Å². The predicted molar refractivity (Wildman–Crippen MR) is 104 cm³/mol. The van der Waals surface area contributed by atoms with Gasteiger partial charge in [-0.05, 0) is 38.2 Å². The minimum Gasteiger partial charge on any atom is -0.378 e. The van der Waals surface area contributed by atoms with Crippen LogP contribution in [-0.4, -0.2) is 28.5 Å². The molecule has 0 atom stereocenters. The standard InChI is InChI=1S/C21H26N4/c1-17-9-10-20(19(13-17)16-24(2)3)23-14-21-22-11-12-25(21)15-18-7-5-4-6-8-18/h4-13,23H,14-16H2,1-3H3. The zero-order valence-electron chi connectivity index (χ0n) is 15.2. The maximum Gasteiger partial charge on any atom is 0.128 e. The van der Waals surface area contributed by atoms with E-state index in [9.17, 15) is 0 Å². The maximum absolute atomic E-state index is 4.53. The number of hydrogen-bond donors (Lipinski definition) is 1. The van der Waals surface area contributed by atoms with Gasteiger partial charge in [-0.3, -0.25) is 0 Å². The first-order chi connectivity index (χ1) is 12.1. The van der Waals surface area contributed by atoms with Crippen LogP contribution in [-0.2, 0) is 19.6 Å². The second-order valence-electron chi connectivity index (χ2n) is 6.71. The van der Waals surface area contributed by atoms with E-state index in [1.54, 1.807) is 0 Å². The zero-order valence-corrected chi connectivity index (χ0v) is 15.2. The average Bonchev–Trinajstić information content (AvgIpc) is 3.02. The topological polar surface area (TPSA) is 33.1 Å². The smallest absolute Gasteiger partial charge is 0.128 e. The summed E-state index contributed by atoms with van der Waals surface area (Å²) in [4.78, 5) is 6.72. The van der Waals surface area contributed by atoms with Crippen molar-refractivity contribution in [3.8, 4) is 0 Å². The number of anilines is 1. The number of aryl methyl sites for hydroxylation is 1. The molecule has 0 amide bonds. The van der Waals surface area contributed by atoms with Gasteiger partial charge < -0.3 is 14.8 Å². The predicted octanol–water partition coefficient (Wildman–Crippen LogP) is 3.91. The number of nitrogens with zero attached hydrogens (tertiary/aromatic N) is 3. The van der Waals surface area contributed by atoms with Gasteiger partial charge in [-0.15, -0.1) is 0 Å². The van der Waals surface area contributed by atoms with Gasteiger partial charge in [0, 0.05) is 31.2 Å². The van der Waals surface area contributed by atoms with E-state index < -0.39 is 0 Å². The Morgan fingerprint density at radius 2 is 1.88 bits per heavy atom. The van der Waals surface area contributed by atoms with Crippen LogP contribution in [0.15, 0.2) is 60.9 Å². The monoisotopic (exact) mass is 334 g/mol. The van der Waals surface area contributed by atoms with Crippen LogP contribution in [0.5, 0.6) is 0 Å². The van der Waals surface area contributed by atoms with Gasteiger partial charge in [0.15, 0.2) is 0 Å². The minimum absolute atomic E-state index is 0.712. The molecule has 1 heterocycles. The van der Waals surface area contributed by atoms with Crippen molar-refractivity contribution in [1.29, 1.82) is 0 Å². The fourth-order valence-corrected chi connectivity index (χ4v) is 2.97. The van der Waals surface area contributed by atoms with Gasteiger partial charge in [-0.2, -0.15) is 0 Å². The molecular formula is C21H26N4. The summed E-state index contributed by atoms with van der Waals surface area (Å²) < 4.78 is 2.20. The highest BCUT2D eigenvalue weighted by molar-refractivity contribution is 5.52. The lowest BCUT2D eigenvalue weighted by Crippen LogP contribution is -2.14. The van der Waals surface area contributed by atoms with Crippen molar-refractivity contribution >= 4 is 5.69 Å². The third-order valence-corrected chi connectivity index (χ3v) is 4.18. The van der Waals surface area contributed by atoms with E-state index in [4.69, 9.17) is 0 Å². The maximum atomic E-state index is 4.53. The normalized spacial score (nSPS) is 11.0. The highest BCUT2D eigenvalue weighted by Gasteiger charge is 2.07. The van der Waals surface area contributed by atoms with Crippen LogP contribution in [0, 0.1) is 6.92 Å². The number of rotatable bonds is 7. The molecule has 4 heteroatoms. The number of hydrogen-bond acceptors (Lipinski definition) is 3. The van der Waals surface area contributed by atoms with Crippen LogP contribution in [0.25, 0.3) is 0 Å². The first kappa shape index (κ1) is 17.2. The summed E-state index contributed by atoms with van der Waals surface area (Å²) in [6.07, 6.45) is 3.91. The van der Waals surface area contributed by atoms with Gasteiger partial charge >= 0.3 is 0 Å². The van der Waals surface area contributed by atoms with Gasteiger partial charge in [-0.25, -0.2) is 4.98 Å². The Hall–Kier alpha value is -2.59. The van der Waals surface area contributed by atoms with Crippen LogP contribution >= 0.6 is 0 Å². The molecule has 1 N–H and O–H groups in total. The quantitative estimate of drug-likeness (QED) is 0.711. The molecule has 0 saturated heterocycles. The number of imidazole rings is 1. The third kappa shape index (κ3) is 4.70. The number of aromatic nitrogens is 2. The highest BCUT2D eigenvalue weighted by atomic mass is 15.1. The first-order valence-electron chi connectivity index (χ1n) is 8.64. The molecule has 0 bridgehead atoms. The Morgan fingerprint density at radius 1 is 1.08 bits per heavy atom. The van der Waals surface area contributed by atoms with Gasteiger partial charge in [0.2, 0.25) is 0 Å². The van der Waals surface area contributed by atoms with Crippen LogP contribution in [0.4, 0.5) is 5.69 Å². The molecule has 0 radical (unpaired) electrons. The Balaban J connectivity index is 1.72. The van der Waals surface area contributed by atoms with Gasteiger partial charge in [0.05, 0.1) is 6.54 Å². The van der Waals surface area contributed by atoms with Crippen molar-refractivity contribution < 1.29 is 0 Å². The number of benzene rings is 2. The third-order valence-electron chi connectivity index (χ3n) is 4.18. The molecule has 1 aromatic heterocycles. The Bertz CT molecular complexity index is 806. The van der Waals surface area contributed by atoms with Crippen LogP contribution in [0.1, 0.15) is 22.5 Å². The SMILES string of the molecule is Cc1ccc(NCc2nccn2Cc2ccccc2)c(CN(C)C)c1. The summed E-state index contributed by atoms with van der Waals surface area (Å²) in [5, 5.41) is 3.56. The molecule has 0 unspecified atom stereocenters. The zero-order chi connectivity index (χ0) is 17.6. The van der Waals surface area contributed by atoms with Crippen LogP contribution < -0.4 is 5.32 Å². The van der Waals surface area contributed by atoms with Crippen molar-refractivity contribution in [2.45, 2.75) is 26.6 Å². The summed E-state index contributed by atoms with van der Waals surface area (Å²) in [5.74, 6) is 1.04. The van der Waals surface area contributed by atoms with Gasteiger partial charge in [0.1, 0.15) is 5.82 Å². The Kier molecular flexibility index (Phi) is 5.51. The van der Waals surface area contributed by atoms with E-state index in [1.807, 2.05) is 18.5 Å². The summed E-state index contributed by atoms with van der Waals surface area (Å²) in [6.45, 7) is 4.61. The largest absolute Gasteiger partial charge is 0.378 e. The first-order valence-corrected chi connectivity index (χ1v) is 8.64. The Labute approximate surface area is 150 Å². The summed E-state index contributed by atoms with van der Waals surface area (Å²) in [6, 6.07) is 17.0. The van der Waals surface area contributed by atoms with E-state index >= 15 is 0 Å². The molecule has 0 aliphatic rings. The molecule has 4 nitrogen and oxygen atoms in total. The summed E-state index contributed by atoms with van der Waals surface area (Å²) in [5.41, 5.74) is 5.05. The molecule has 0 saturated carbocycles. The molecule has 0 aliphatic heterocycles. The van der Waals surface area contributed by atoms with Crippen molar-refractivity contribution in [2.24, 2.45) is 0 Å². The fourth-order valence-electron chi connectivity index (χ4n) is 2.97. The van der Waals surface area contributed by atoms with Crippen LogP contribution in [0.3, 0.4) is 0 Å². The molecule has 0 aliphatic carbocycles. The van der Waals surface area contributed by atoms with E-state index in [-0.39, 0.29) is 0 Å². The lowest BCUT2D eigenvalue weighted by molar-refractivity contribution is 0.403. The lowest BCUT2D eigenvalue weighted by Gasteiger charge is -2.17. The van der Waals surface area contributed by atoms with E-state index in [1.165, 1.54) is 22.4 Å². The van der Waals surface area contributed by atoms with E-state index in [0.717, 1.165) is 18.9 Å². The number of nitrogens with one attached hydrogen (secondary N) is 1. The highest BCUT2D eigenvalue weighted by Crippen LogP contribution is 2.19. The second kappa shape index (κ2) is 7.99. The van der Waals surface area contributed by atoms with Gasteiger partial charge in [-0.1, -0.05) is 48.0 Å². The fraction of sp³-hybridized carbons (Fsp3) is 0.286. The van der Waals surface area contributed by atoms with Crippen molar-refractivity contribution in [3.63, 3.8) is 0 Å². The van der Waals surface area contributed by atoms with Crippen LogP contribution in [0.2, 0.25) is 0 Å². The average molecular weight is 334 g/mol. The molecule has 0 fully saturated rings. The van der Waals surface area contributed by atoms with Crippen molar-refractivity contribution in [2.75, 3.05) is 19.4 Å². The Morgan fingerprint density at radius 3 is 2.64 bits per heavy atom. The molecule has 3 aromatic rings.